The van der Waals surface area contributed by atoms with E-state index in [9.17, 15) is 14.7 Å². The Morgan fingerprint density at radius 2 is 2.05 bits per heavy atom. The SMILES string of the molecule is CCOc1ccc(C=NNC(=O)c2cc(Br)ccc2O)cc1CN1CC2CC(C1)c1cccc(=O)n1C2. The molecule has 5 rings (SSSR count). The highest BCUT2D eigenvalue weighted by atomic mass is 79.9. The topological polar surface area (TPSA) is 96.2 Å². The number of aromatic hydroxyl groups is 1. The number of hydrazone groups is 1. The lowest BCUT2D eigenvalue weighted by Crippen LogP contribution is -2.46. The van der Waals surface area contributed by atoms with Crippen LogP contribution in [0.25, 0.3) is 0 Å². The van der Waals surface area contributed by atoms with Gasteiger partial charge in [0.1, 0.15) is 11.5 Å². The molecule has 9 heteroatoms. The van der Waals surface area contributed by atoms with Crippen molar-refractivity contribution in [3.63, 3.8) is 0 Å². The Balaban J connectivity index is 1.31. The van der Waals surface area contributed by atoms with Gasteiger partial charge in [0.05, 0.1) is 18.4 Å². The Morgan fingerprint density at radius 3 is 2.89 bits per heavy atom. The van der Waals surface area contributed by atoms with Gasteiger partial charge in [-0.05, 0) is 67.3 Å². The van der Waals surface area contributed by atoms with Gasteiger partial charge in [-0.25, -0.2) is 5.43 Å². The molecule has 1 amide bonds. The second-order valence-electron chi connectivity index (χ2n) is 9.55. The molecule has 192 valence electrons. The summed E-state index contributed by atoms with van der Waals surface area (Å²) < 4.78 is 8.54. The van der Waals surface area contributed by atoms with Gasteiger partial charge in [-0.3, -0.25) is 14.5 Å². The minimum absolute atomic E-state index is 0.0912. The highest BCUT2D eigenvalue weighted by Crippen LogP contribution is 2.36. The second kappa shape index (κ2) is 10.9. The van der Waals surface area contributed by atoms with E-state index in [0.29, 0.717) is 22.9 Å². The lowest BCUT2D eigenvalue weighted by Gasteiger charge is -2.43. The Bertz CT molecular complexity index is 1400. The quantitative estimate of drug-likeness (QED) is 0.332. The van der Waals surface area contributed by atoms with Gasteiger partial charge in [0.2, 0.25) is 0 Å². The monoisotopic (exact) mass is 564 g/mol. The van der Waals surface area contributed by atoms with Gasteiger partial charge in [0.25, 0.3) is 11.5 Å². The average molecular weight is 565 g/mol. The number of nitrogens with one attached hydrogen (secondary N) is 1. The summed E-state index contributed by atoms with van der Waals surface area (Å²) in [5, 5.41) is 14.0. The van der Waals surface area contributed by atoms with E-state index >= 15 is 0 Å². The summed E-state index contributed by atoms with van der Waals surface area (Å²) in [4.78, 5) is 27.2. The van der Waals surface area contributed by atoms with Crippen molar-refractivity contribution in [2.24, 2.45) is 11.0 Å². The van der Waals surface area contributed by atoms with Crippen molar-refractivity contribution in [1.82, 2.24) is 14.9 Å². The molecule has 37 heavy (non-hydrogen) atoms. The van der Waals surface area contributed by atoms with Crippen LogP contribution in [0.4, 0.5) is 0 Å². The number of carbonyl (C=O) groups excluding carboxylic acids is 1. The zero-order valence-electron chi connectivity index (χ0n) is 20.6. The van der Waals surface area contributed by atoms with Gasteiger partial charge >= 0.3 is 0 Å². The number of pyridine rings is 1. The Kier molecular flexibility index (Phi) is 7.43. The number of benzene rings is 2. The number of likely N-dealkylation sites (tertiary alicyclic amines) is 1. The molecule has 1 saturated heterocycles. The average Bonchev–Trinajstić information content (AvgIpc) is 2.87. The fraction of sp³-hybridized carbons (Fsp3) is 0.321. The largest absolute Gasteiger partial charge is 0.507 e. The lowest BCUT2D eigenvalue weighted by molar-refractivity contribution is 0.0952. The number of phenolic OH excluding ortho intramolecular Hbond substituents is 1. The van der Waals surface area contributed by atoms with E-state index in [1.807, 2.05) is 35.8 Å². The van der Waals surface area contributed by atoms with Gasteiger partial charge in [0, 0.05) is 53.9 Å². The van der Waals surface area contributed by atoms with Crippen LogP contribution in [0.5, 0.6) is 11.5 Å². The van der Waals surface area contributed by atoms with Gasteiger partial charge in [-0.15, -0.1) is 0 Å². The van der Waals surface area contributed by atoms with E-state index in [0.717, 1.165) is 55.2 Å². The molecule has 2 unspecified atom stereocenters. The third kappa shape index (κ3) is 5.62. The van der Waals surface area contributed by atoms with Crippen LogP contribution < -0.4 is 15.7 Å². The van der Waals surface area contributed by atoms with Crippen LogP contribution in [-0.2, 0) is 13.1 Å². The molecule has 1 fully saturated rings. The number of carbonyl (C=O) groups is 1. The number of aromatic nitrogens is 1. The summed E-state index contributed by atoms with van der Waals surface area (Å²) in [6, 6.07) is 16.1. The van der Waals surface area contributed by atoms with Crippen LogP contribution in [0.2, 0.25) is 0 Å². The molecule has 0 saturated carbocycles. The molecule has 2 N–H and O–H groups in total. The van der Waals surface area contributed by atoms with Crippen molar-refractivity contribution < 1.29 is 14.6 Å². The van der Waals surface area contributed by atoms with Crippen LogP contribution >= 0.6 is 15.9 Å². The van der Waals surface area contributed by atoms with E-state index in [4.69, 9.17) is 4.74 Å². The maximum absolute atomic E-state index is 12.4. The first-order chi connectivity index (χ1) is 17.9. The van der Waals surface area contributed by atoms with Crippen LogP contribution in [0, 0.1) is 5.92 Å². The predicted octanol–water partition coefficient (Wildman–Crippen LogP) is 4.10. The Morgan fingerprint density at radius 1 is 1.19 bits per heavy atom. The van der Waals surface area contributed by atoms with Crippen molar-refractivity contribution in [3.05, 3.63) is 91.8 Å². The highest BCUT2D eigenvalue weighted by Gasteiger charge is 2.34. The smallest absolute Gasteiger partial charge is 0.275 e. The number of phenols is 1. The summed E-state index contributed by atoms with van der Waals surface area (Å²) in [6.45, 7) is 5.82. The third-order valence-corrected chi connectivity index (χ3v) is 7.41. The van der Waals surface area contributed by atoms with Crippen LogP contribution in [0.3, 0.4) is 0 Å². The minimum Gasteiger partial charge on any atom is -0.507 e. The molecule has 0 radical (unpaired) electrons. The standard InChI is InChI=1S/C28H29BrN4O4/c1-2-37-26-9-6-18(13-30-31-28(36)23-12-22(29)7-8-25(23)34)10-21(26)17-32-14-19-11-20(16-32)24-4-3-5-27(35)33(24)15-19/h3-10,12-13,19-20,34H,2,11,14-17H2,1H3,(H,31,36). The zero-order valence-corrected chi connectivity index (χ0v) is 22.1. The second-order valence-corrected chi connectivity index (χ2v) is 10.5. The third-order valence-electron chi connectivity index (χ3n) is 6.92. The molecule has 3 aromatic rings. The van der Waals surface area contributed by atoms with Gasteiger partial charge in [0.15, 0.2) is 0 Å². The fourth-order valence-electron chi connectivity index (χ4n) is 5.38. The van der Waals surface area contributed by atoms with Crippen LogP contribution in [-0.4, -0.2) is 46.4 Å². The number of amides is 1. The van der Waals surface area contributed by atoms with E-state index in [-0.39, 0.29) is 16.9 Å². The van der Waals surface area contributed by atoms with Gasteiger partial charge in [-0.1, -0.05) is 22.0 Å². The summed E-state index contributed by atoms with van der Waals surface area (Å²) in [5.74, 6) is 0.997. The van der Waals surface area contributed by atoms with E-state index in [1.54, 1.807) is 18.3 Å². The lowest BCUT2D eigenvalue weighted by atomic mass is 9.83. The normalized spacial score (nSPS) is 19.0. The first-order valence-electron chi connectivity index (χ1n) is 12.4. The summed E-state index contributed by atoms with van der Waals surface area (Å²) in [5.41, 5.74) is 5.71. The summed E-state index contributed by atoms with van der Waals surface area (Å²) in [7, 11) is 0. The van der Waals surface area contributed by atoms with Crippen molar-refractivity contribution in [3.8, 4) is 11.5 Å². The van der Waals surface area contributed by atoms with E-state index in [2.05, 4.69) is 37.4 Å². The zero-order chi connectivity index (χ0) is 25.9. The molecule has 2 atom stereocenters. The van der Waals surface area contributed by atoms with Gasteiger partial charge < -0.3 is 14.4 Å². The molecule has 2 aliphatic heterocycles. The van der Waals surface area contributed by atoms with Gasteiger partial charge in [-0.2, -0.15) is 5.10 Å². The first kappa shape index (κ1) is 25.2. The van der Waals surface area contributed by atoms with Crippen molar-refractivity contribution in [1.29, 1.82) is 0 Å². The fourth-order valence-corrected chi connectivity index (χ4v) is 5.74. The molecule has 2 bridgehead atoms. The van der Waals surface area contributed by atoms with Crippen LogP contribution in [0.15, 0.2) is 69.0 Å². The molecule has 3 heterocycles. The van der Waals surface area contributed by atoms with Crippen molar-refractivity contribution in [2.75, 3.05) is 19.7 Å². The van der Waals surface area contributed by atoms with E-state index in [1.165, 1.54) is 12.1 Å². The number of fused-ring (bicyclic) bond motifs is 4. The molecule has 1 aromatic heterocycles. The van der Waals surface area contributed by atoms with E-state index < -0.39 is 5.91 Å². The summed E-state index contributed by atoms with van der Waals surface area (Å²) >= 11 is 3.30. The Hall–Kier alpha value is -3.43. The number of ether oxygens (including phenoxy) is 1. The maximum Gasteiger partial charge on any atom is 0.275 e. The predicted molar refractivity (Wildman–Crippen MR) is 145 cm³/mol. The number of hydrogen-bond donors (Lipinski definition) is 2. The number of halogens is 1. The number of nitrogens with zero attached hydrogens (tertiary/aromatic N) is 3. The molecular formula is C28H29BrN4O4. The molecule has 2 aliphatic rings. The number of rotatable bonds is 7. The van der Waals surface area contributed by atoms with Crippen molar-refractivity contribution >= 4 is 28.1 Å². The number of piperidine rings is 1. The maximum atomic E-state index is 12.4. The summed E-state index contributed by atoms with van der Waals surface area (Å²) in [6.07, 6.45) is 2.69. The molecular weight excluding hydrogens is 536 g/mol. The molecule has 0 aliphatic carbocycles. The first-order valence-corrected chi connectivity index (χ1v) is 13.2. The number of hydrogen-bond acceptors (Lipinski definition) is 6. The molecule has 0 spiro atoms. The Labute approximate surface area is 223 Å². The van der Waals surface area contributed by atoms with Crippen molar-refractivity contribution in [2.45, 2.75) is 32.4 Å². The highest BCUT2D eigenvalue weighted by molar-refractivity contribution is 9.10. The molecule has 2 aromatic carbocycles. The molecule has 8 nitrogen and oxygen atoms in total. The van der Waals surface area contributed by atoms with Crippen LogP contribution in [0.1, 0.15) is 46.4 Å². The minimum atomic E-state index is -0.500.